The highest BCUT2D eigenvalue weighted by molar-refractivity contribution is 5.38. The van der Waals surface area contributed by atoms with Crippen LogP contribution < -0.4 is 9.47 Å². The molecular weight excluding hydrogens is 712 g/mol. The maximum Gasteiger partial charge on any atom is 0.238 e. The largest absolute Gasteiger partial charge is 0.497 e. The van der Waals surface area contributed by atoms with Crippen LogP contribution in [0.2, 0.25) is 0 Å². The van der Waals surface area contributed by atoms with E-state index in [1.165, 1.54) is 13.2 Å². The van der Waals surface area contributed by atoms with Crippen molar-refractivity contribution in [1.29, 1.82) is 0 Å². The molecule has 56 heavy (non-hydrogen) atoms. The summed E-state index contributed by atoms with van der Waals surface area (Å²) >= 11 is 0. The summed E-state index contributed by atoms with van der Waals surface area (Å²) in [6.07, 6.45) is -3.57. The van der Waals surface area contributed by atoms with E-state index in [2.05, 4.69) is 10.2 Å². The molecule has 1 aliphatic rings. The molecule has 1 saturated heterocycles. The fourth-order valence-corrected chi connectivity index (χ4v) is 6.68. The predicted octanol–water partition coefficient (Wildman–Crippen LogP) is 8.53. The molecule has 0 saturated carbocycles. The third-order valence-corrected chi connectivity index (χ3v) is 9.73. The molecule has 0 spiro atoms. The number of ether oxygens (including phenoxy) is 7. The molecule has 1 aliphatic heterocycles. The number of hydrogen-bond donors (Lipinski definition) is 1. The Morgan fingerprint density at radius 1 is 0.643 bits per heavy atom. The van der Waals surface area contributed by atoms with Gasteiger partial charge in [-0.2, -0.15) is 0 Å². The van der Waals surface area contributed by atoms with Crippen LogP contribution in [-0.4, -0.2) is 54.6 Å². The summed E-state index contributed by atoms with van der Waals surface area (Å²) in [5.74, 6) is 0.314. The van der Waals surface area contributed by atoms with Crippen molar-refractivity contribution in [2.24, 2.45) is 0 Å². The second kappa shape index (κ2) is 19.5. The molecule has 0 aliphatic carbocycles. The van der Waals surface area contributed by atoms with Gasteiger partial charge in [0.15, 0.2) is 0 Å². The molecule has 0 radical (unpaired) electrons. The van der Waals surface area contributed by atoms with Crippen molar-refractivity contribution in [3.8, 4) is 11.6 Å². The first-order chi connectivity index (χ1) is 27.5. The topological polar surface area (TPSA) is 93.3 Å². The highest BCUT2D eigenvalue weighted by atomic mass is 19.1. The van der Waals surface area contributed by atoms with E-state index in [-0.39, 0.29) is 32.1 Å². The van der Waals surface area contributed by atoms with Crippen LogP contribution in [0.4, 0.5) is 4.39 Å². The molecule has 9 nitrogen and oxygen atoms in total. The Morgan fingerprint density at radius 3 is 1.70 bits per heavy atom. The number of nitrogens with zero attached hydrogens (tertiary/aromatic N) is 1. The number of aromatic nitrogens is 2. The van der Waals surface area contributed by atoms with Crippen molar-refractivity contribution >= 4 is 0 Å². The van der Waals surface area contributed by atoms with E-state index < -0.39 is 36.5 Å². The maximum absolute atomic E-state index is 15.2. The number of hydrogen-bond acceptors (Lipinski definition) is 8. The average Bonchev–Trinajstić information content (AvgIpc) is 3.58. The van der Waals surface area contributed by atoms with Crippen LogP contribution in [-0.2, 0) is 56.5 Å². The second-order valence-electron chi connectivity index (χ2n) is 13.7. The Hall–Kier alpha value is -5.36. The van der Waals surface area contributed by atoms with Gasteiger partial charge in [0.2, 0.25) is 12.2 Å². The van der Waals surface area contributed by atoms with Crippen LogP contribution in [0.1, 0.15) is 39.1 Å². The lowest BCUT2D eigenvalue weighted by molar-refractivity contribution is -0.310. The summed E-state index contributed by atoms with van der Waals surface area (Å²) < 4.78 is 60.8. The van der Waals surface area contributed by atoms with E-state index in [1.807, 2.05) is 128 Å². The Bertz CT molecular complexity index is 2070. The summed E-state index contributed by atoms with van der Waals surface area (Å²) in [6, 6.07) is 44.6. The van der Waals surface area contributed by atoms with Crippen molar-refractivity contribution in [3.05, 3.63) is 184 Å². The van der Waals surface area contributed by atoms with Crippen molar-refractivity contribution in [1.82, 2.24) is 10.2 Å². The summed E-state index contributed by atoms with van der Waals surface area (Å²) in [7, 11) is 1.51. The van der Waals surface area contributed by atoms with Crippen LogP contribution in [0.25, 0.3) is 0 Å². The molecule has 2 heterocycles. The van der Waals surface area contributed by atoms with Crippen molar-refractivity contribution in [2.75, 3.05) is 13.7 Å². The number of halogens is 1. The second-order valence-corrected chi connectivity index (χ2v) is 13.7. The van der Waals surface area contributed by atoms with E-state index in [0.717, 1.165) is 27.9 Å². The molecule has 1 fully saturated rings. The van der Waals surface area contributed by atoms with Crippen LogP contribution in [0, 0.1) is 12.7 Å². The molecule has 5 atom stereocenters. The van der Waals surface area contributed by atoms with Gasteiger partial charge in [0.25, 0.3) is 0 Å². The van der Waals surface area contributed by atoms with E-state index in [9.17, 15) is 0 Å². The van der Waals surface area contributed by atoms with E-state index in [1.54, 1.807) is 12.1 Å². The van der Waals surface area contributed by atoms with Crippen LogP contribution >= 0.6 is 0 Å². The first kappa shape index (κ1) is 38.9. The average molecular weight is 759 g/mol. The molecule has 1 N–H and O–H groups in total. The number of H-pyrrole nitrogens is 1. The van der Waals surface area contributed by atoms with Gasteiger partial charge >= 0.3 is 0 Å². The Morgan fingerprint density at radius 2 is 1.16 bits per heavy atom. The van der Waals surface area contributed by atoms with Gasteiger partial charge in [-0.15, -0.1) is 5.10 Å². The number of methoxy groups -OCH3 is 1. The summed E-state index contributed by atoms with van der Waals surface area (Å²) in [5, 5.41) is 7.56. The van der Waals surface area contributed by atoms with Gasteiger partial charge in [-0.05, 0) is 40.8 Å². The first-order valence-corrected chi connectivity index (χ1v) is 18.8. The smallest absolute Gasteiger partial charge is 0.238 e. The van der Waals surface area contributed by atoms with Gasteiger partial charge in [-0.25, -0.2) is 4.39 Å². The molecule has 6 aromatic rings. The highest BCUT2D eigenvalue weighted by Gasteiger charge is 2.50. The molecule has 7 rings (SSSR count). The van der Waals surface area contributed by atoms with Gasteiger partial charge in [-0.1, -0.05) is 127 Å². The van der Waals surface area contributed by atoms with E-state index in [0.29, 0.717) is 30.1 Å². The van der Waals surface area contributed by atoms with Crippen LogP contribution in [0.3, 0.4) is 0 Å². The maximum atomic E-state index is 15.2. The SMILES string of the molecule is COc1ccc(Cc2c(OC3O[C@H](COCc4ccccc4)[C@@H](OCc4ccccc4)[C@H](OCc4ccccc4)[C@H]3OCc3ccccc3)n[nH]c2C)c(F)c1. The molecular formula is C46H47FN2O7. The highest BCUT2D eigenvalue weighted by Crippen LogP contribution is 2.34. The summed E-state index contributed by atoms with van der Waals surface area (Å²) in [6.45, 7) is 3.27. The Labute approximate surface area is 327 Å². The van der Waals surface area contributed by atoms with Crippen molar-refractivity contribution < 1.29 is 37.5 Å². The first-order valence-electron chi connectivity index (χ1n) is 18.8. The summed E-state index contributed by atoms with van der Waals surface area (Å²) in [4.78, 5) is 0. The van der Waals surface area contributed by atoms with Crippen molar-refractivity contribution in [3.63, 3.8) is 0 Å². The van der Waals surface area contributed by atoms with Gasteiger partial charge in [-0.3, -0.25) is 5.10 Å². The van der Waals surface area contributed by atoms with Crippen molar-refractivity contribution in [2.45, 2.75) is 70.5 Å². The fraction of sp³-hybridized carbons (Fsp3) is 0.283. The van der Waals surface area contributed by atoms with Crippen LogP contribution in [0.5, 0.6) is 11.6 Å². The minimum atomic E-state index is -1.02. The third kappa shape index (κ3) is 10.3. The van der Waals surface area contributed by atoms with E-state index in [4.69, 9.17) is 33.2 Å². The number of aromatic amines is 1. The lowest BCUT2D eigenvalue weighted by Gasteiger charge is -2.45. The molecule has 10 heteroatoms. The lowest BCUT2D eigenvalue weighted by atomic mass is 9.97. The predicted molar refractivity (Wildman–Crippen MR) is 210 cm³/mol. The lowest BCUT2D eigenvalue weighted by Crippen LogP contribution is -2.62. The number of aryl methyl sites for hydroxylation is 1. The number of benzene rings is 5. The zero-order valence-corrected chi connectivity index (χ0v) is 31.6. The van der Waals surface area contributed by atoms with Gasteiger partial charge < -0.3 is 33.2 Å². The third-order valence-electron chi connectivity index (χ3n) is 9.73. The van der Waals surface area contributed by atoms with Gasteiger partial charge in [0, 0.05) is 23.7 Å². The van der Waals surface area contributed by atoms with Crippen LogP contribution in [0.15, 0.2) is 140 Å². The van der Waals surface area contributed by atoms with E-state index >= 15 is 4.39 Å². The number of nitrogens with one attached hydrogen (secondary N) is 1. The Balaban J connectivity index is 1.23. The standard InChI is InChI=1S/C46H47FN2O7/c1-32-39(25-37-23-24-38(50-2)26-40(37)47)45(49-48-32)56-46-44(54-30-36-21-13-6-14-22-36)43(53-29-35-19-11-5-12-20-35)42(52-28-34-17-9-4-10-18-34)41(55-46)31-51-27-33-15-7-3-8-16-33/h3-24,26,41-44,46H,25,27-31H2,1-2H3,(H,48,49)/t41-,42-,43+,44-,46?/m1/s1. The molecule has 0 amide bonds. The molecule has 5 aromatic carbocycles. The molecule has 290 valence electrons. The minimum Gasteiger partial charge on any atom is -0.497 e. The van der Waals surface area contributed by atoms with Gasteiger partial charge in [0.05, 0.1) is 40.1 Å². The zero-order chi connectivity index (χ0) is 38.5. The molecule has 1 unspecified atom stereocenters. The quantitative estimate of drug-likeness (QED) is 0.0933. The Kier molecular flexibility index (Phi) is 13.5. The molecule has 0 bridgehead atoms. The minimum absolute atomic E-state index is 0.175. The normalized spacial score (nSPS) is 19.4. The van der Waals surface area contributed by atoms with Gasteiger partial charge in [0.1, 0.15) is 36.0 Å². The monoisotopic (exact) mass is 758 g/mol. The zero-order valence-electron chi connectivity index (χ0n) is 31.6. The fourth-order valence-electron chi connectivity index (χ4n) is 6.68. The number of rotatable bonds is 18. The molecule has 1 aromatic heterocycles. The summed E-state index contributed by atoms with van der Waals surface area (Å²) in [5.41, 5.74) is 5.87.